The van der Waals surface area contributed by atoms with E-state index < -0.39 is 12.1 Å². The number of anilines is 2. The van der Waals surface area contributed by atoms with Crippen molar-refractivity contribution in [2.75, 3.05) is 4.90 Å². The largest absolute Gasteiger partial charge is 0.351 e. The number of H-pyrrole nitrogens is 1. The second-order valence-corrected chi connectivity index (χ2v) is 6.35. The molecule has 9 heteroatoms. The van der Waals surface area contributed by atoms with Crippen molar-refractivity contribution < 1.29 is 14.0 Å². The minimum atomic E-state index is -1.50. The van der Waals surface area contributed by atoms with Crippen LogP contribution in [0.3, 0.4) is 0 Å². The van der Waals surface area contributed by atoms with Crippen molar-refractivity contribution in [3.05, 3.63) is 43.2 Å². The molecule has 4 heterocycles. The summed E-state index contributed by atoms with van der Waals surface area (Å²) in [6.45, 7) is 0. The molecule has 0 saturated carbocycles. The summed E-state index contributed by atoms with van der Waals surface area (Å²) in [5, 5.41) is 3.28. The molecule has 27 heavy (non-hydrogen) atoms. The first-order valence-electron chi connectivity index (χ1n) is 8.58. The highest BCUT2D eigenvalue weighted by atomic mass is 19.1. The van der Waals surface area contributed by atoms with Crippen LogP contribution in [0, 0.1) is 0 Å². The van der Waals surface area contributed by atoms with Crippen LogP contribution in [-0.4, -0.2) is 44.0 Å². The summed E-state index contributed by atoms with van der Waals surface area (Å²) >= 11 is 0. The number of aromatic nitrogens is 4. The van der Waals surface area contributed by atoms with Crippen molar-refractivity contribution in [1.29, 1.82) is 0 Å². The smallest absolute Gasteiger partial charge is 0.254 e. The Bertz CT molecular complexity index is 976. The molecule has 1 aliphatic rings. The van der Waals surface area contributed by atoms with Gasteiger partial charge in [0.2, 0.25) is 5.91 Å². The second-order valence-electron chi connectivity index (χ2n) is 6.35. The Morgan fingerprint density at radius 1 is 1.33 bits per heavy atom. The fraction of sp³-hybridized carbons (Fsp3) is 0.278. The molecule has 0 radical (unpaired) electrons. The molecule has 3 aromatic rings. The van der Waals surface area contributed by atoms with Crippen LogP contribution in [0.1, 0.15) is 19.3 Å². The number of carbonyl (C=O) groups is 2. The molecule has 2 amide bonds. The number of aromatic amines is 1. The van der Waals surface area contributed by atoms with Crippen LogP contribution in [0.5, 0.6) is 0 Å². The standard InChI is InChI=1S/C18H17FN6O2/c19-14-6-11(24-18(14)27)3-4-16(26)25(12-2-1-5-20-7-12)15-9-22-17-13(15)8-21-10-23-17/h1-2,5,7-11,14H,3-4,6H2,(H,24,27)(H,21,22,23). The Kier molecular flexibility index (Phi) is 4.49. The number of rotatable bonds is 5. The lowest BCUT2D eigenvalue weighted by atomic mass is 10.1. The van der Waals surface area contributed by atoms with Gasteiger partial charge in [-0.15, -0.1) is 0 Å². The third kappa shape index (κ3) is 3.35. The summed E-state index contributed by atoms with van der Waals surface area (Å²) in [4.78, 5) is 41.2. The van der Waals surface area contributed by atoms with Crippen molar-refractivity contribution >= 4 is 34.2 Å². The summed E-state index contributed by atoms with van der Waals surface area (Å²) in [6.07, 6.45) is 7.08. The van der Waals surface area contributed by atoms with Crippen LogP contribution in [0.2, 0.25) is 0 Å². The number of nitrogens with zero attached hydrogens (tertiary/aromatic N) is 4. The third-order valence-electron chi connectivity index (χ3n) is 4.56. The van der Waals surface area contributed by atoms with E-state index in [2.05, 4.69) is 25.3 Å². The molecular formula is C18H17FN6O2. The minimum absolute atomic E-state index is 0.0972. The molecule has 0 spiro atoms. The van der Waals surface area contributed by atoms with Crippen LogP contribution in [-0.2, 0) is 9.59 Å². The lowest BCUT2D eigenvalue weighted by Crippen LogP contribution is -2.30. The topological polar surface area (TPSA) is 104 Å². The average Bonchev–Trinajstić information content (AvgIpc) is 3.25. The number of fused-ring (bicyclic) bond motifs is 1. The highest BCUT2D eigenvalue weighted by Crippen LogP contribution is 2.32. The number of nitrogens with one attached hydrogen (secondary N) is 2. The van der Waals surface area contributed by atoms with E-state index in [0.717, 1.165) is 0 Å². The van der Waals surface area contributed by atoms with Gasteiger partial charge in [-0.05, 0) is 18.6 Å². The number of alkyl halides is 1. The lowest BCUT2D eigenvalue weighted by Gasteiger charge is -2.22. The highest BCUT2D eigenvalue weighted by molar-refractivity contribution is 6.07. The third-order valence-corrected chi connectivity index (χ3v) is 4.56. The lowest BCUT2D eigenvalue weighted by molar-refractivity contribution is -0.123. The molecular weight excluding hydrogens is 351 g/mol. The molecule has 8 nitrogen and oxygen atoms in total. The maximum absolute atomic E-state index is 13.4. The minimum Gasteiger partial charge on any atom is -0.351 e. The average molecular weight is 368 g/mol. The fourth-order valence-electron chi connectivity index (χ4n) is 3.24. The molecule has 1 fully saturated rings. The van der Waals surface area contributed by atoms with Gasteiger partial charge in [-0.2, -0.15) is 0 Å². The quantitative estimate of drug-likeness (QED) is 0.717. The van der Waals surface area contributed by atoms with Gasteiger partial charge in [-0.1, -0.05) is 0 Å². The molecule has 2 unspecified atom stereocenters. The van der Waals surface area contributed by atoms with Gasteiger partial charge in [0.05, 0.1) is 23.0 Å². The molecule has 0 bridgehead atoms. The SMILES string of the molecule is O=C1NC(CCC(=O)N(c2cccnc2)c2c[nH]c3ncncc23)CC1F. The molecule has 1 saturated heterocycles. The van der Waals surface area contributed by atoms with Crippen LogP contribution < -0.4 is 10.2 Å². The molecule has 1 aliphatic heterocycles. The zero-order chi connectivity index (χ0) is 18.8. The number of carbonyl (C=O) groups excluding carboxylic acids is 2. The van der Waals surface area contributed by atoms with E-state index >= 15 is 0 Å². The van der Waals surface area contributed by atoms with Crippen LogP contribution in [0.4, 0.5) is 15.8 Å². The predicted molar refractivity (Wildman–Crippen MR) is 95.9 cm³/mol. The van der Waals surface area contributed by atoms with E-state index in [1.54, 1.807) is 41.8 Å². The Morgan fingerprint density at radius 3 is 2.96 bits per heavy atom. The maximum atomic E-state index is 13.4. The van der Waals surface area contributed by atoms with Gasteiger partial charge in [0.15, 0.2) is 6.17 Å². The summed E-state index contributed by atoms with van der Waals surface area (Å²) in [5.74, 6) is -0.797. The van der Waals surface area contributed by atoms with Crippen molar-refractivity contribution in [2.45, 2.75) is 31.5 Å². The zero-order valence-electron chi connectivity index (χ0n) is 14.3. The molecule has 2 N–H and O–H groups in total. The summed E-state index contributed by atoms with van der Waals surface area (Å²) in [5.41, 5.74) is 1.83. The number of halogens is 1. The van der Waals surface area contributed by atoms with E-state index in [0.29, 0.717) is 28.8 Å². The second kappa shape index (κ2) is 7.10. The number of hydrogen-bond donors (Lipinski definition) is 2. The van der Waals surface area contributed by atoms with E-state index in [9.17, 15) is 14.0 Å². The van der Waals surface area contributed by atoms with Crippen LogP contribution >= 0.6 is 0 Å². The Labute approximate surface area is 153 Å². The van der Waals surface area contributed by atoms with Gasteiger partial charge in [0, 0.05) is 37.5 Å². The molecule has 0 aliphatic carbocycles. The maximum Gasteiger partial charge on any atom is 0.254 e. The predicted octanol–water partition coefficient (Wildman–Crippen LogP) is 2.02. The normalized spacial score (nSPS) is 19.2. The number of pyridine rings is 1. The monoisotopic (exact) mass is 368 g/mol. The van der Waals surface area contributed by atoms with Gasteiger partial charge >= 0.3 is 0 Å². The molecule has 0 aromatic carbocycles. The first-order valence-corrected chi connectivity index (χ1v) is 8.58. The van der Waals surface area contributed by atoms with Crippen LogP contribution in [0.15, 0.2) is 43.2 Å². The molecule has 4 rings (SSSR count). The zero-order valence-corrected chi connectivity index (χ0v) is 14.3. The van der Waals surface area contributed by atoms with E-state index in [-0.39, 0.29) is 24.8 Å². The molecule has 2 atom stereocenters. The van der Waals surface area contributed by atoms with Crippen molar-refractivity contribution in [2.24, 2.45) is 0 Å². The number of hydrogen-bond acceptors (Lipinski definition) is 5. The Morgan fingerprint density at radius 2 is 2.22 bits per heavy atom. The van der Waals surface area contributed by atoms with Crippen molar-refractivity contribution in [3.63, 3.8) is 0 Å². The van der Waals surface area contributed by atoms with Gasteiger partial charge in [0.25, 0.3) is 5.91 Å². The highest BCUT2D eigenvalue weighted by Gasteiger charge is 2.32. The molecule has 138 valence electrons. The van der Waals surface area contributed by atoms with E-state index in [1.807, 2.05) is 0 Å². The first kappa shape index (κ1) is 17.1. The Hall–Kier alpha value is -3.36. The van der Waals surface area contributed by atoms with E-state index in [4.69, 9.17) is 0 Å². The Balaban J connectivity index is 1.61. The summed E-state index contributed by atoms with van der Waals surface area (Å²) in [7, 11) is 0. The van der Waals surface area contributed by atoms with Crippen LogP contribution in [0.25, 0.3) is 11.0 Å². The number of amides is 2. The van der Waals surface area contributed by atoms with Gasteiger partial charge in [0.1, 0.15) is 12.0 Å². The van der Waals surface area contributed by atoms with Crippen molar-refractivity contribution in [1.82, 2.24) is 25.3 Å². The summed E-state index contributed by atoms with van der Waals surface area (Å²) in [6, 6.07) is 3.19. The van der Waals surface area contributed by atoms with E-state index in [1.165, 1.54) is 6.33 Å². The van der Waals surface area contributed by atoms with Gasteiger partial charge in [-0.25, -0.2) is 14.4 Å². The molecule has 3 aromatic heterocycles. The van der Waals surface area contributed by atoms with Crippen molar-refractivity contribution in [3.8, 4) is 0 Å². The first-order chi connectivity index (χ1) is 13.1. The van der Waals surface area contributed by atoms with Gasteiger partial charge in [-0.3, -0.25) is 19.5 Å². The fourth-order valence-corrected chi connectivity index (χ4v) is 3.24. The van der Waals surface area contributed by atoms with Gasteiger partial charge < -0.3 is 10.3 Å². The summed E-state index contributed by atoms with van der Waals surface area (Å²) < 4.78 is 13.4.